The Morgan fingerprint density at radius 2 is 1.45 bits per heavy atom. The highest BCUT2D eigenvalue weighted by Gasteiger charge is 2.23. The van der Waals surface area contributed by atoms with Crippen LogP contribution in [0, 0.1) is 0 Å². The first-order chi connectivity index (χ1) is 13.8. The summed E-state index contributed by atoms with van der Waals surface area (Å²) in [6, 6.07) is 0. The van der Waals surface area contributed by atoms with Crippen LogP contribution in [-0.2, 0) is 18.9 Å². The summed E-state index contributed by atoms with van der Waals surface area (Å²) in [5, 5.41) is 4.16. The Kier molecular flexibility index (Phi) is 15.6. The fourth-order valence-electron chi connectivity index (χ4n) is 3.14. The first-order valence-corrected chi connectivity index (χ1v) is 10.2. The average molecular weight is 409 g/mol. The highest BCUT2D eigenvalue weighted by molar-refractivity contribution is 5.26. The van der Waals surface area contributed by atoms with E-state index in [2.05, 4.69) is 37.6 Å². The van der Waals surface area contributed by atoms with E-state index in [-0.39, 0.29) is 24.4 Å². The fraction of sp³-hybridized carbons (Fsp3) is 0.667. The van der Waals surface area contributed by atoms with Crippen LogP contribution in [-0.4, -0.2) is 59.9 Å². The molecule has 0 N–H and O–H groups in total. The maximum atomic E-state index is 5.73. The van der Waals surface area contributed by atoms with E-state index in [4.69, 9.17) is 18.9 Å². The number of ether oxygens (including phenoxy) is 4. The van der Waals surface area contributed by atoms with Crippen molar-refractivity contribution in [3.05, 3.63) is 53.5 Å². The van der Waals surface area contributed by atoms with Crippen LogP contribution in [0.3, 0.4) is 0 Å². The molecule has 0 spiro atoms. The third-order valence-corrected chi connectivity index (χ3v) is 5.16. The van der Waals surface area contributed by atoms with Crippen LogP contribution in [0.5, 0.6) is 0 Å². The SMILES string of the molecule is C=CC[C@@H](C[C@@H](C[C@@H](C[C@H](OC)C(=C)/C=C(/C)C/C=C(\C)[N-]C)OC)OC)OC. The molecule has 4 atom stereocenters. The van der Waals surface area contributed by atoms with Crippen LogP contribution in [0.4, 0.5) is 0 Å². The van der Waals surface area contributed by atoms with E-state index in [1.807, 2.05) is 13.0 Å². The smallest absolute Gasteiger partial charge is 0.0840 e. The van der Waals surface area contributed by atoms with Crippen molar-refractivity contribution in [2.75, 3.05) is 35.5 Å². The summed E-state index contributed by atoms with van der Waals surface area (Å²) in [6.45, 7) is 12.1. The van der Waals surface area contributed by atoms with E-state index in [0.29, 0.717) is 6.42 Å². The summed E-state index contributed by atoms with van der Waals surface area (Å²) in [4.78, 5) is 0. The van der Waals surface area contributed by atoms with Gasteiger partial charge in [0.2, 0.25) is 0 Å². The van der Waals surface area contributed by atoms with Crippen molar-refractivity contribution in [1.82, 2.24) is 0 Å². The predicted octanol–water partition coefficient (Wildman–Crippen LogP) is 5.59. The number of allylic oxidation sites excluding steroid dienone is 3. The lowest BCUT2D eigenvalue weighted by Crippen LogP contribution is -2.30. The molecule has 0 aromatic heterocycles. The van der Waals surface area contributed by atoms with E-state index in [9.17, 15) is 0 Å². The molecular formula is C24H42NO4-. The summed E-state index contributed by atoms with van der Waals surface area (Å²) in [5.74, 6) is 0. The molecule has 0 aromatic carbocycles. The molecule has 0 heterocycles. The molecule has 0 aliphatic rings. The van der Waals surface area contributed by atoms with Gasteiger partial charge < -0.3 is 24.3 Å². The van der Waals surface area contributed by atoms with Crippen LogP contribution >= 0.6 is 0 Å². The molecule has 0 aliphatic heterocycles. The van der Waals surface area contributed by atoms with Crippen molar-refractivity contribution in [3.63, 3.8) is 0 Å². The van der Waals surface area contributed by atoms with Gasteiger partial charge in [0.1, 0.15) is 0 Å². The second kappa shape index (κ2) is 16.4. The second-order valence-corrected chi connectivity index (χ2v) is 7.37. The van der Waals surface area contributed by atoms with Crippen molar-refractivity contribution in [2.24, 2.45) is 0 Å². The maximum Gasteiger partial charge on any atom is 0.0840 e. The monoisotopic (exact) mass is 408 g/mol. The normalized spacial score (nSPS) is 16.8. The van der Waals surface area contributed by atoms with E-state index in [1.54, 1.807) is 35.5 Å². The quantitative estimate of drug-likeness (QED) is 0.232. The van der Waals surface area contributed by atoms with Crippen LogP contribution < -0.4 is 0 Å². The molecule has 0 radical (unpaired) electrons. The Balaban J connectivity index is 4.94. The molecule has 0 aliphatic carbocycles. The predicted molar refractivity (Wildman–Crippen MR) is 122 cm³/mol. The number of methoxy groups -OCH3 is 4. The summed E-state index contributed by atoms with van der Waals surface area (Å²) >= 11 is 0. The highest BCUT2D eigenvalue weighted by Crippen LogP contribution is 2.22. The van der Waals surface area contributed by atoms with Crippen LogP contribution in [0.2, 0.25) is 0 Å². The first kappa shape index (κ1) is 27.6. The van der Waals surface area contributed by atoms with Gasteiger partial charge in [0.15, 0.2) is 0 Å². The van der Waals surface area contributed by atoms with E-state index in [1.165, 1.54) is 5.57 Å². The Morgan fingerprint density at radius 1 is 0.897 bits per heavy atom. The van der Waals surface area contributed by atoms with Gasteiger partial charge in [0.05, 0.1) is 24.4 Å². The molecule has 0 fully saturated rings. The number of hydrogen-bond acceptors (Lipinski definition) is 4. The summed E-state index contributed by atoms with van der Waals surface area (Å²) in [7, 11) is 8.70. The molecule has 168 valence electrons. The molecule has 0 bridgehead atoms. The molecule has 0 aromatic rings. The lowest BCUT2D eigenvalue weighted by atomic mass is 9.96. The fourth-order valence-corrected chi connectivity index (χ4v) is 3.14. The number of rotatable bonds is 17. The standard InChI is InChI=1S/C24H42NO4/c1-10-11-21(26-6)15-22(27-7)16-23(28-8)17-24(29-9)19(3)14-18(2)12-13-20(4)25-5/h10,13-14,21-24H,1,3,11-12,15-17H2,2,4-9H3/q-1/b18-14-,20-13+/t21-,22-,23-,24-/m0/s1. The lowest BCUT2D eigenvalue weighted by Gasteiger charge is -2.27. The minimum Gasteiger partial charge on any atom is -0.691 e. The Bertz CT molecular complexity index is 527. The average Bonchev–Trinajstić information content (AvgIpc) is 2.73. The van der Waals surface area contributed by atoms with Crippen molar-refractivity contribution < 1.29 is 18.9 Å². The molecule has 0 rings (SSSR count). The minimum atomic E-state index is -0.111. The summed E-state index contributed by atoms with van der Waals surface area (Å²) < 4.78 is 22.6. The van der Waals surface area contributed by atoms with E-state index < -0.39 is 0 Å². The third kappa shape index (κ3) is 12.0. The minimum absolute atomic E-state index is 0.00220. The number of nitrogens with zero attached hydrogens (tertiary/aromatic N) is 1. The van der Waals surface area contributed by atoms with Crippen LogP contribution in [0.25, 0.3) is 5.32 Å². The van der Waals surface area contributed by atoms with Crippen molar-refractivity contribution in [2.45, 2.75) is 70.4 Å². The van der Waals surface area contributed by atoms with Gasteiger partial charge in [-0.05, 0) is 31.8 Å². The van der Waals surface area contributed by atoms with Gasteiger partial charge in [0.25, 0.3) is 0 Å². The Labute approximate surface area is 178 Å². The van der Waals surface area contributed by atoms with Crippen LogP contribution in [0.1, 0.15) is 46.0 Å². The molecule has 0 unspecified atom stereocenters. The van der Waals surface area contributed by atoms with Crippen molar-refractivity contribution in [3.8, 4) is 0 Å². The second-order valence-electron chi connectivity index (χ2n) is 7.37. The summed E-state index contributed by atoms with van der Waals surface area (Å²) in [5.41, 5.74) is 3.20. The van der Waals surface area contributed by atoms with Gasteiger partial charge in [-0.25, -0.2) is 0 Å². The molecule has 5 nitrogen and oxygen atoms in total. The Morgan fingerprint density at radius 3 is 1.93 bits per heavy atom. The van der Waals surface area contributed by atoms with Crippen LogP contribution in [0.15, 0.2) is 48.2 Å². The van der Waals surface area contributed by atoms with Gasteiger partial charge in [0, 0.05) is 41.3 Å². The van der Waals surface area contributed by atoms with Gasteiger partial charge in [-0.15, -0.1) is 13.6 Å². The third-order valence-electron chi connectivity index (χ3n) is 5.16. The van der Waals surface area contributed by atoms with E-state index in [0.717, 1.165) is 37.0 Å². The molecule has 5 heteroatoms. The van der Waals surface area contributed by atoms with Crippen molar-refractivity contribution >= 4 is 0 Å². The first-order valence-electron chi connectivity index (χ1n) is 10.2. The zero-order valence-electron chi connectivity index (χ0n) is 19.6. The van der Waals surface area contributed by atoms with Gasteiger partial charge >= 0.3 is 0 Å². The summed E-state index contributed by atoms with van der Waals surface area (Å²) in [6.07, 6.45) is 10.0. The largest absolute Gasteiger partial charge is 0.691 e. The Hall–Kier alpha value is -1.40. The van der Waals surface area contributed by atoms with Crippen molar-refractivity contribution in [1.29, 1.82) is 0 Å². The van der Waals surface area contributed by atoms with Gasteiger partial charge in [-0.3, -0.25) is 0 Å². The zero-order valence-corrected chi connectivity index (χ0v) is 19.6. The number of hydrogen-bond donors (Lipinski definition) is 0. The highest BCUT2D eigenvalue weighted by atomic mass is 16.5. The van der Waals surface area contributed by atoms with Gasteiger partial charge in [-0.2, -0.15) is 5.70 Å². The maximum absolute atomic E-state index is 5.73. The lowest BCUT2D eigenvalue weighted by molar-refractivity contribution is -0.0259. The molecular weight excluding hydrogens is 366 g/mol. The molecule has 0 saturated heterocycles. The van der Waals surface area contributed by atoms with E-state index >= 15 is 0 Å². The molecule has 0 saturated carbocycles. The molecule has 0 amide bonds. The molecule has 29 heavy (non-hydrogen) atoms. The zero-order chi connectivity index (χ0) is 22.2. The van der Waals surface area contributed by atoms with Gasteiger partial charge in [-0.1, -0.05) is 37.3 Å². The topological polar surface area (TPSA) is 51.0 Å².